The van der Waals surface area contributed by atoms with E-state index in [4.69, 9.17) is 4.42 Å². The summed E-state index contributed by atoms with van der Waals surface area (Å²) in [5.74, 6) is 1.90. The first kappa shape index (κ1) is 20.5. The van der Waals surface area contributed by atoms with Gasteiger partial charge in [-0.05, 0) is 25.1 Å². The SMILES string of the molecule is C=CCn1c(SC/C(O)=C(\C#N)c2nc3ccccc3n2C)nnc1-c1ccoc1C. The molecule has 0 unspecified atom stereocenters. The molecule has 0 saturated heterocycles. The molecule has 3 aromatic heterocycles. The highest BCUT2D eigenvalue weighted by molar-refractivity contribution is 7.99. The zero-order chi connectivity index (χ0) is 22.0. The van der Waals surface area contributed by atoms with E-state index in [-0.39, 0.29) is 17.1 Å². The molecule has 0 fully saturated rings. The number of aromatic nitrogens is 5. The largest absolute Gasteiger partial charge is 0.510 e. The van der Waals surface area contributed by atoms with Crippen LogP contribution in [0.5, 0.6) is 0 Å². The first-order chi connectivity index (χ1) is 15.0. The molecule has 4 rings (SSSR count). The van der Waals surface area contributed by atoms with E-state index >= 15 is 0 Å². The standard InChI is InChI=1S/C22H20N6O2S/c1-4-10-28-21(15-9-11-30-14(15)2)25-26-22(28)31-13-19(29)16(12-23)20-24-17-7-5-6-8-18(17)27(20)3/h4-9,11,29H,1,10,13H2,2-3H3/b19-16-. The maximum absolute atomic E-state index is 10.7. The number of allylic oxidation sites excluding steroid dienone is 2. The third-order valence-electron chi connectivity index (χ3n) is 4.88. The molecule has 0 bridgehead atoms. The van der Waals surface area contributed by atoms with Gasteiger partial charge in [0, 0.05) is 13.6 Å². The fraction of sp³-hybridized carbons (Fsp3) is 0.182. The molecule has 31 heavy (non-hydrogen) atoms. The van der Waals surface area contributed by atoms with Crippen LogP contribution in [-0.4, -0.2) is 35.2 Å². The van der Waals surface area contributed by atoms with Gasteiger partial charge in [-0.15, -0.1) is 16.8 Å². The number of para-hydroxylation sites is 2. The minimum atomic E-state index is -0.0694. The van der Waals surface area contributed by atoms with Gasteiger partial charge in [-0.3, -0.25) is 4.57 Å². The van der Waals surface area contributed by atoms with Crippen molar-refractivity contribution in [3.05, 3.63) is 66.6 Å². The van der Waals surface area contributed by atoms with Gasteiger partial charge in [0.15, 0.2) is 16.8 Å². The predicted octanol–water partition coefficient (Wildman–Crippen LogP) is 4.50. The summed E-state index contributed by atoms with van der Waals surface area (Å²) < 4.78 is 9.08. The van der Waals surface area contributed by atoms with E-state index in [1.54, 1.807) is 16.9 Å². The normalized spacial score (nSPS) is 12.0. The summed E-state index contributed by atoms with van der Waals surface area (Å²) in [6.07, 6.45) is 3.36. The van der Waals surface area contributed by atoms with Crippen LogP contribution in [-0.2, 0) is 13.6 Å². The van der Waals surface area contributed by atoms with Crippen LogP contribution in [0.25, 0.3) is 28.0 Å². The van der Waals surface area contributed by atoms with E-state index in [9.17, 15) is 10.4 Å². The lowest BCUT2D eigenvalue weighted by atomic mass is 10.2. The number of imidazole rings is 1. The van der Waals surface area contributed by atoms with E-state index in [2.05, 4.69) is 27.8 Å². The topological polar surface area (TPSA) is 106 Å². The number of benzene rings is 1. The van der Waals surface area contributed by atoms with Crippen molar-refractivity contribution in [3.8, 4) is 17.5 Å². The maximum atomic E-state index is 10.7. The number of nitrogens with zero attached hydrogens (tertiary/aromatic N) is 6. The van der Waals surface area contributed by atoms with Gasteiger partial charge in [0.2, 0.25) is 0 Å². The molecule has 0 spiro atoms. The Hall–Kier alpha value is -3.77. The molecule has 9 heteroatoms. The molecule has 0 aliphatic heterocycles. The van der Waals surface area contributed by atoms with E-state index in [0.29, 0.717) is 23.4 Å². The monoisotopic (exact) mass is 432 g/mol. The average Bonchev–Trinajstić information content (AvgIpc) is 3.46. The molecular formula is C22H20N6O2S. The summed E-state index contributed by atoms with van der Waals surface area (Å²) in [5, 5.41) is 29.6. The Kier molecular flexibility index (Phi) is 5.64. The molecule has 4 aromatic rings. The van der Waals surface area contributed by atoms with Gasteiger partial charge in [0.25, 0.3) is 0 Å². The lowest BCUT2D eigenvalue weighted by Crippen LogP contribution is -2.03. The van der Waals surface area contributed by atoms with E-state index in [1.807, 2.05) is 48.9 Å². The fourth-order valence-corrected chi connectivity index (χ4v) is 4.15. The highest BCUT2D eigenvalue weighted by atomic mass is 32.2. The van der Waals surface area contributed by atoms with Crippen LogP contribution >= 0.6 is 11.8 Å². The summed E-state index contributed by atoms with van der Waals surface area (Å²) in [5.41, 5.74) is 2.63. The summed E-state index contributed by atoms with van der Waals surface area (Å²) in [4.78, 5) is 4.51. The second-order valence-corrected chi connectivity index (χ2v) is 7.74. The van der Waals surface area contributed by atoms with E-state index in [1.165, 1.54) is 11.8 Å². The summed E-state index contributed by atoms with van der Waals surface area (Å²) in [6, 6.07) is 11.5. The quantitative estimate of drug-likeness (QED) is 0.198. The number of nitriles is 1. The Morgan fingerprint density at radius 2 is 2.13 bits per heavy atom. The molecule has 0 radical (unpaired) electrons. The zero-order valence-electron chi connectivity index (χ0n) is 17.1. The number of aliphatic hydroxyl groups is 1. The molecule has 0 atom stereocenters. The van der Waals surface area contributed by atoms with Crippen LogP contribution in [0.4, 0.5) is 0 Å². The van der Waals surface area contributed by atoms with Gasteiger partial charge < -0.3 is 14.1 Å². The molecular weight excluding hydrogens is 412 g/mol. The van der Waals surface area contributed by atoms with Gasteiger partial charge in [-0.1, -0.05) is 30.0 Å². The third-order valence-corrected chi connectivity index (χ3v) is 5.86. The Morgan fingerprint density at radius 1 is 1.32 bits per heavy atom. The fourth-order valence-electron chi connectivity index (χ4n) is 3.32. The van der Waals surface area contributed by atoms with Crippen molar-refractivity contribution in [1.82, 2.24) is 24.3 Å². The number of aryl methyl sites for hydroxylation is 2. The Balaban J connectivity index is 1.65. The predicted molar refractivity (Wildman–Crippen MR) is 119 cm³/mol. The highest BCUT2D eigenvalue weighted by Gasteiger charge is 2.20. The summed E-state index contributed by atoms with van der Waals surface area (Å²) in [7, 11) is 1.82. The van der Waals surface area contributed by atoms with E-state index < -0.39 is 0 Å². The molecule has 0 amide bonds. The molecule has 0 aliphatic carbocycles. The first-order valence-corrected chi connectivity index (χ1v) is 10.5. The summed E-state index contributed by atoms with van der Waals surface area (Å²) in [6.45, 7) is 6.16. The van der Waals surface area contributed by atoms with Gasteiger partial charge in [0.05, 0.1) is 28.6 Å². The van der Waals surface area contributed by atoms with Gasteiger partial charge in [-0.25, -0.2) is 4.98 Å². The van der Waals surface area contributed by atoms with Gasteiger partial charge in [-0.2, -0.15) is 5.26 Å². The van der Waals surface area contributed by atoms with Crippen LogP contribution in [0.1, 0.15) is 11.6 Å². The van der Waals surface area contributed by atoms with Crippen molar-refractivity contribution in [2.24, 2.45) is 7.05 Å². The first-order valence-electron chi connectivity index (χ1n) is 9.50. The second kappa shape index (κ2) is 8.53. The maximum Gasteiger partial charge on any atom is 0.192 e. The second-order valence-electron chi connectivity index (χ2n) is 6.80. The Bertz CT molecular complexity index is 1340. The number of aliphatic hydroxyl groups excluding tert-OH is 1. The molecule has 8 nitrogen and oxygen atoms in total. The lowest BCUT2D eigenvalue weighted by molar-refractivity contribution is 0.420. The molecule has 0 saturated carbocycles. The molecule has 0 aliphatic rings. The van der Waals surface area contributed by atoms with Crippen molar-refractivity contribution in [1.29, 1.82) is 5.26 Å². The Morgan fingerprint density at radius 3 is 2.81 bits per heavy atom. The number of rotatable bonds is 7. The smallest absolute Gasteiger partial charge is 0.192 e. The number of hydrogen-bond acceptors (Lipinski definition) is 7. The van der Waals surface area contributed by atoms with Crippen molar-refractivity contribution in [3.63, 3.8) is 0 Å². The number of fused-ring (bicyclic) bond motifs is 1. The van der Waals surface area contributed by atoms with Crippen LogP contribution in [0.3, 0.4) is 0 Å². The third kappa shape index (κ3) is 3.73. The number of furan rings is 1. The van der Waals surface area contributed by atoms with Gasteiger partial charge >= 0.3 is 0 Å². The number of thioether (sulfide) groups is 1. The van der Waals surface area contributed by atoms with Crippen molar-refractivity contribution >= 4 is 28.4 Å². The molecule has 1 aromatic carbocycles. The molecule has 156 valence electrons. The minimum Gasteiger partial charge on any atom is -0.510 e. The van der Waals surface area contributed by atoms with Crippen LogP contribution in [0, 0.1) is 18.3 Å². The highest BCUT2D eigenvalue weighted by Crippen LogP contribution is 2.29. The van der Waals surface area contributed by atoms with Crippen LogP contribution < -0.4 is 0 Å². The van der Waals surface area contributed by atoms with Gasteiger partial charge in [0.1, 0.15) is 23.2 Å². The molecule has 3 heterocycles. The van der Waals surface area contributed by atoms with Crippen molar-refractivity contribution < 1.29 is 9.52 Å². The Labute approximate surface area is 183 Å². The lowest BCUT2D eigenvalue weighted by Gasteiger charge is -2.08. The average molecular weight is 433 g/mol. The van der Waals surface area contributed by atoms with Crippen molar-refractivity contribution in [2.75, 3.05) is 5.75 Å². The minimum absolute atomic E-state index is 0.0694. The zero-order valence-corrected chi connectivity index (χ0v) is 17.9. The van der Waals surface area contributed by atoms with E-state index in [0.717, 1.165) is 22.4 Å². The summed E-state index contributed by atoms with van der Waals surface area (Å²) >= 11 is 1.29. The van der Waals surface area contributed by atoms with Crippen LogP contribution in [0.15, 0.2) is 64.6 Å². The number of hydrogen-bond donors (Lipinski definition) is 1. The molecule has 1 N–H and O–H groups in total. The van der Waals surface area contributed by atoms with Crippen LogP contribution in [0.2, 0.25) is 0 Å². The van der Waals surface area contributed by atoms with Crippen molar-refractivity contribution in [2.45, 2.75) is 18.6 Å².